The molecular weight excluding hydrogens is 328 g/mol. The number of ether oxygens (including phenoxy) is 2. The molecule has 0 bridgehead atoms. The van der Waals surface area contributed by atoms with E-state index in [-0.39, 0.29) is 12.3 Å². The molecule has 0 saturated carbocycles. The van der Waals surface area contributed by atoms with E-state index in [4.69, 9.17) is 19.0 Å². The zero-order valence-electron chi connectivity index (χ0n) is 14.3. The fraction of sp³-hybridized carbons (Fsp3) is 0.190. The zero-order chi connectivity index (χ0) is 17.5. The maximum Gasteiger partial charge on any atom is 0.213 e. The van der Waals surface area contributed by atoms with Crippen molar-refractivity contribution < 1.29 is 13.9 Å². The zero-order valence-corrected chi connectivity index (χ0v) is 14.3. The topological polar surface area (TPSA) is 47.2 Å². The molecule has 5 rings (SSSR count). The molecule has 2 aliphatic heterocycles. The van der Waals surface area contributed by atoms with Crippen LogP contribution in [0, 0.1) is 0 Å². The second kappa shape index (κ2) is 5.95. The normalized spacial score (nSPS) is 20.8. The van der Waals surface area contributed by atoms with E-state index in [0.29, 0.717) is 0 Å². The molecule has 0 N–H and O–H groups in total. The minimum absolute atomic E-state index is 0.132. The first-order valence-corrected chi connectivity index (χ1v) is 8.63. The Morgan fingerprint density at radius 3 is 2.65 bits per heavy atom. The smallest absolute Gasteiger partial charge is 0.213 e. The number of fused-ring (bicyclic) bond motifs is 3. The Labute approximate surface area is 151 Å². The number of benzene rings is 2. The van der Waals surface area contributed by atoms with Gasteiger partial charge in [-0.3, -0.25) is 0 Å². The molecule has 2 atom stereocenters. The van der Waals surface area contributed by atoms with Crippen LogP contribution in [0.25, 0.3) is 0 Å². The van der Waals surface area contributed by atoms with Crippen molar-refractivity contribution in [3.05, 3.63) is 83.8 Å². The van der Waals surface area contributed by atoms with E-state index in [2.05, 4.69) is 6.07 Å². The van der Waals surface area contributed by atoms with E-state index in [1.165, 1.54) is 0 Å². The van der Waals surface area contributed by atoms with Crippen LogP contribution >= 0.6 is 0 Å². The molecule has 26 heavy (non-hydrogen) atoms. The number of furan rings is 1. The fourth-order valence-electron chi connectivity index (χ4n) is 3.61. The van der Waals surface area contributed by atoms with Crippen LogP contribution in [0.4, 0.5) is 0 Å². The van der Waals surface area contributed by atoms with Crippen molar-refractivity contribution in [3.63, 3.8) is 0 Å². The highest BCUT2D eigenvalue weighted by Crippen LogP contribution is 2.47. The summed E-state index contributed by atoms with van der Waals surface area (Å²) in [6.45, 7) is 0. The molecule has 5 nitrogen and oxygen atoms in total. The monoisotopic (exact) mass is 346 g/mol. The highest BCUT2D eigenvalue weighted by atomic mass is 16.5. The van der Waals surface area contributed by atoms with E-state index in [0.717, 1.165) is 40.5 Å². The fourth-order valence-corrected chi connectivity index (χ4v) is 3.61. The van der Waals surface area contributed by atoms with Crippen LogP contribution in [0.2, 0.25) is 0 Å². The van der Waals surface area contributed by atoms with Gasteiger partial charge in [-0.05, 0) is 42.5 Å². The van der Waals surface area contributed by atoms with E-state index in [1.807, 2.05) is 59.6 Å². The van der Waals surface area contributed by atoms with Gasteiger partial charge in [0, 0.05) is 17.5 Å². The molecule has 130 valence electrons. The molecule has 2 aromatic carbocycles. The van der Waals surface area contributed by atoms with Crippen molar-refractivity contribution in [1.29, 1.82) is 0 Å². The average Bonchev–Trinajstić information content (AvgIpc) is 3.37. The van der Waals surface area contributed by atoms with Gasteiger partial charge in [-0.25, -0.2) is 5.01 Å². The van der Waals surface area contributed by atoms with Crippen molar-refractivity contribution in [3.8, 4) is 11.5 Å². The summed E-state index contributed by atoms with van der Waals surface area (Å²) in [5.41, 5.74) is 3.14. The molecule has 5 heteroatoms. The third kappa shape index (κ3) is 2.36. The first-order valence-electron chi connectivity index (χ1n) is 8.63. The second-order valence-electron chi connectivity index (χ2n) is 6.41. The SMILES string of the molecule is COc1ccc([C@@H]2Oc3ccccc3[C@H]3CC(c4ccco4)=NN32)cc1. The van der Waals surface area contributed by atoms with Gasteiger partial charge >= 0.3 is 0 Å². The molecule has 3 heterocycles. The third-order valence-electron chi connectivity index (χ3n) is 4.91. The summed E-state index contributed by atoms with van der Waals surface area (Å²) in [7, 11) is 1.67. The molecule has 0 unspecified atom stereocenters. The minimum Gasteiger partial charge on any atom is -0.497 e. The van der Waals surface area contributed by atoms with E-state index in [1.54, 1.807) is 13.4 Å². The first-order chi connectivity index (χ1) is 12.8. The van der Waals surface area contributed by atoms with Crippen LogP contribution < -0.4 is 9.47 Å². The van der Waals surface area contributed by atoms with Gasteiger partial charge in [0.25, 0.3) is 0 Å². The van der Waals surface area contributed by atoms with Crippen LogP contribution in [-0.2, 0) is 0 Å². The van der Waals surface area contributed by atoms with Crippen molar-refractivity contribution in [2.24, 2.45) is 5.10 Å². The molecule has 1 aromatic heterocycles. The van der Waals surface area contributed by atoms with E-state index in [9.17, 15) is 0 Å². The Balaban J connectivity index is 1.58. The molecule has 0 radical (unpaired) electrons. The van der Waals surface area contributed by atoms with Crippen molar-refractivity contribution in [2.45, 2.75) is 18.7 Å². The molecule has 0 spiro atoms. The van der Waals surface area contributed by atoms with Crippen LogP contribution in [0.15, 0.2) is 76.4 Å². The summed E-state index contributed by atoms with van der Waals surface area (Å²) in [5.74, 6) is 2.54. The Hall–Kier alpha value is -3.21. The average molecular weight is 346 g/mol. The summed E-state index contributed by atoms with van der Waals surface area (Å²) < 4.78 is 17.2. The number of nitrogens with zero attached hydrogens (tertiary/aromatic N) is 2. The number of methoxy groups -OCH3 is 1. The minimum atomic E-state index is -0.284. The summed E-state index contributed by atoms with van der Waals surface area (Å²) in [6.07, 6.45) is 2.19. The van der Waals surface area contributed by atoms with Gasteiger partial charge in [0.15, 0.2) is 0 Å². The number of para-hydroxylation sites is 1. The predicted molar refractivity (Wildman–Crippen MR) is 97.2 cm³/mol. The molecule has 0 fully saturated rings. The number of hydrazone groups is 1. The first kappa shape index (κ1) is 15.1. The Morgan fingerprint density at radius 1 is 1.04 bits per heavy atom. The number of hydrogen-bond donors (Lipinski definition) is 0. The van der Waals surface area contributed by atoms with Gasteiger partial charge in [0.1, 0.15) is 23.0 Å². The van der Waals surface area contributed by atoms with Gasteiger partial charge in [-0.2, -0.15) is 5.10 Å². The summed E-state index contributed by atoms with van der Waals surface area (Å²) >= 11 is 0. The lowest BCUT2D eigenvalue weighted by Crippen LogP contribution is -2.33. The molecule has 0 aliphatic carbocycles. The molecule has 3 aromatic rings. The van der Waals surface area contributed by atoms with E-state index >= 15 is 0 Å². The Kier molecular flexibility index (Phi) is 3.45. The van der Waals surface area contributed by atoms with Crippen molar-refractivity contribution in [2.75, 3.05) is 7.11 Å². The quantitative estimate of drug-likeness (QED) is 0.699. The lowest BCUT2D eigenvalue weighted by molar-refractivity contribution is -0.0190. The number of rotatable bonds is 3. The predicted octanol–water partition coefficient (Wildman–Crippen LogP) is 4.53. The van der Waals surface area contributed by atoms with Gasteiger partial charge < -0.3 is 13.9 Å². The van der Waals surface area contributed by atoms with Gasteiger partial charge in [0.05, 0.1) is 19.4 Å². The van der Waals surface area contributed by atoms with Crippen LogP contribution in [-0.4, -0.2) is 17.8 Å². The van der Waals surface area contributed by atoms with Crippen LogP contribution in [0.5, 0.6) is 11.5 Å². The highest BCUT2D eigenvalue weighted by Gasteiger charge is 2.41. The van der Waals surface area contributed by atoms with Crippen LogP contribution in [0.1, 0.15) is 35.6 Å². The van der Waals surface area contributed by atoms with Gasteiger partial charge in [0.2, 0.25) is 6.23 Å². The second-order valence-corrected chi connectivity index (χ2v) is 6.41. The summed E-state index contributed by atoms with van der Waals surface area (Å²) in [4.78, 5) is 0. The molecule has 0 amide bonds. The Morgan fingerprint density at radius 2 is 1.88 bits per heavy atom. The maximum absolute atomic E-state index is 6.32. The van der Waals surface area contributed by atoms with Crippen LogP contribution in [0.3, 0.4) is 0 Å². The number of hydrogen-bond acceptors (Lipinski definition) is 5. The molecule has 0 saturated heterocycles. The summed E-state index contributed by atoms with van der Waals surface area (Å²) in [5, 5.41) is 6.90. The lowest BCUT2D eigenvalue weighted by Gasteiger charge is -2.38. The van der Waals surface area contributed by atoms with Crippen molar-refractivity contribution in [1.82, 2.24) is 5.01 Å². The Bertz CT molecular complexity index is 948. The highest BCUT2D eigenvalue weighted by molar-refractivity contribution is 5.99. The van der Waals surface area contributed by atoms with Gasteiger partial charge in [-0.1, -0.05) is 18.2 Å². The largest absolute Gasteiger partial charge is 0.497 e. The lowest BCUT2D eigenvalue weighted by atomic mass is 9.97. The van der Waals surface area contributed by atoms with Crippen molar-refractivity contribution >= 4 is 5.71 Å². The third-order valence-corrected chi connectivity index (χ3v) is 4.91. The molecular formula is C21H18N2O3. The standard InChI is InChI=1S/C21H18N2O3/c1-24-15-10-8-14(9-11-15)21-23-18(16-5-2-3-6-19(16)26-21)13-17(22-23)20-7-4-12-25-20/h2-12,18,21H,13H2,1H3/t18-,21+/m1/s1. The maximum atomic E-state index is 6.32. The van der Waals surface area contributed by atoms with Gasteiger partial charge in [-0.15, -0.1) is 0 Å². The molecule has 2 aliphatic rings. The van der Waals surface area contributed by atoms with E-state index < -0.39 is 0 Å². The summed E-state index contributed by atoms with van der Waals surface area (Å²) in [6, 6.07) is 20.1.